The number of nitrogens with one attached hydrogen (secondary N) is 1. The molecule has 0 radical (unpaired) electrons. The second-order valence-corrected chi connectivity index (χ2v) is 7.52. The number of benzene rings is 2. The number of hydrogen-bond donors (Lipinski definition) is 2. The molecule has 7 heteroatoms. The Kier molecular flexibility index (Phi) is 5.40. The predicted octanol–water partition coefficient (Wildman–Crippen LogP) is 2.83. The van der Waals surface area contributed by atoms with Crippen molar-refractivity contribution >= 4 is 23.3 Å². The number of nitrogens with two attached hydrogens (primary N) is 1. The molecule has 0 aliphatic carbocycles. The number of aryl methyl sites for hydroxylation is 3. The van der Waals surface area contributed by atoms with Gasteiger partial charge in [-0.2, -0.15) is 4.99 Å². The van der Waals surface area contributed by atoms with Gasteiger partial charge in [0.1, 0.15) is 0 Å². The van der Waals surface area contributed by atoms with Crippen LogP contribution in [0, 0.1) is 20.8 Å². The van der Waals surface area contributed by atoms with Crippen molar-refractivity contribution in [1.29, 1.82) is 0 Å². The molecular weight excluding hydrogens is 364 g/mol. The van der Waals surface area contributed by atoms with Crippen molar-refractivity contribution in [2.75, 3.05) is 36.5 Å². The van der Waals surface area contributed by atoms with Gasteiger partial charge >= 0.3 is 0 Å². The Labute approximate surface area is 171 Å². The number of nitrogens with zero attached hydrogens (tertiary/aromatic N) is 4. The van der Waals surface area contributed by atoms with E-state index in [0.717, 1.165) is 30.4 Å². The number of rotatable bonds is 3. The summed E-state index contributed by atoms with van der Waals surface area (Å²) < 4.78 is 5.53. The van der Waals surface area contributed by atoms with Gasteiger partial charge in [-0.05, 0) is 56.2 Å². The summed E-state index contributed by atoms with van der Waals surface area (Å²) in [7, 11) is 0. The van der Waals surface area contributed by atoms with Crippen LogP contribution in [0.3, 0.4) is 0 Å². The Morgan fingerprint density at radius 2 is 1.72 bits per heavy atom. The second kappa shape index (κ2) is 8.13. The van der Waals surface area contributed by atoms with Crippen molar-refractivity contribution in [3.63, 3.8) is 0 Å². The third-order valence-electron chi connectivity index (χ3n) is 5.34. The first kappa shape index (κ1) is 19.3. The average Bonchev–Trinajstić information content (AvgIpc) is 2.72. The van der Waals surface area contributed by atoms with Crippen LogP contribution in [0.25, 0.3) is 0 Å². The number of anilines is 2. The van der Waals surface area contributed by atoms with E-state index < -0.39 is 6.29 Å². The van der Waals surface area contributed by atoms with Crippen LogP contribution in [0.2, 0.25) is 0 Å². The minimum Gasteiger partial charge on any atom is -0.378 e. The minimum atomic E-state index is -0.393. The molecule has 2 aromatic rings. The predicted molar refractivity (Wildman–Crippen MR) is 118 cm³/mol. The molecule has 2 aromatic carbocycles. The highest BCUT2D eigenvalue weighted by molar-refractivity contribution is 6.06. The summed E-state index contributed by atoms with van der Waals surface area (Å²) in [5.74, 6) is 1.07. The Morgan fingerprint density at radius 1 is 1.00 bits per heavy atom. The lowest BCUT2D eigenvalue weighted by Crippen LogP contribution is -2.57. The molecule has 0 spiro atoms. The van der Waals surface area contributed by atoms with Crippen LogP contribution in [-0.2, 0) is 4.74 Å². The summed E-state index contributed by atoms with van der Waals surface area (Å²) >= 11 is 0. The smallest absolute Gasteiger partial charge is 0.222 e. The molecule has 4 rings (SSSR count). The van der Waals surface area contributed by atoms with Gasteiger partial charge in [0.2, 0.25) is 18.2 Å². The van der Waals surface area contributed by atoms with E-state index in [2.05, 4.69) is 88.3 Å². The fourth-order valence-corrected chi connectivity index (χ4v) is 3.50. The van der Waals surface area contributed by atoms with Gasteiger partial charge in [-0.1, -0.05) is 23.8 Å². The van der Waals surface area contributed by atoms with Crippen LogP contribution in [0.4, 0.5) is 11.4 Å². The summed E-state index contributed by atoms with van der Waals surface area (Å²) in [4.78, 5) is 13.5. The molecule has 2 aliphatic rings. The van der Waals surface area contributed by atoms with Crippen LogP contribution >= 0.6 is 0 Å². The lowest BCUT2D eigenvalue weighted by atomic mass is 10.1. The van der Waals surface area contributed by atoms with Crippen LogP contribution in [0.1, 0.15) is 16.7 Å². The van der Waals surface area contributed by atoms with E-state index in [9.17, 15) is 0 Å². The van der Waals surface area contributed by atoms with E-state index in [1.807, 2.05) is 0 Å². The van der Waals surface area contributed by atoms with Crippen LogP contribution in [-0.4, -0.2) is 49.4 Å². The fraction of sp³-hybridized carbons (Fsp3) is 0.364. The summed E-state index contributed by atoms with van der Waals surface area (Å²) in [6, 6.07) is 14.7. The second-order valence-electron chi connectivity index (χ2n) is 7.52. The zero-order valence-corrected chi connectivity index (χ0v) is 17.2. The van der Waals surface area contributed by atoms with Gasteiger partial charge in [0.05, 0.1) is 13.2 Å². The van der Waals surface area contributed by atoms with Crippen molar-refractivity contribution in [3.05, 3.63) is 59.2 Å². The SMILES string of the molecule is Cc1ccc(N2C(N3CCOCC3)=NC(N)=NC2Nc2ccc(C)c(C)c2)cc1. The molecule has 152 valence electrons. The van der Waals surface area contributed by atoms with Crippen molar-refractivity contribution in [1.82, 2.24) is 4.90 Å². The lowest BCUT2D eigenvalue weighted by Gasteiger charge is -2.41. The summed E-state index contributed by atoms with van der Waals surface area (Å²) in [5, 5.41) is 3.53. The largest absolute Gasteiger partial charge is 0.378 e. The van der Waals surface area contributed by atoms with E-state index in [0.29, 0.717) is 13.2 Å². The molecule has 0 saturated carbocycles. The standard InChI is InChI=1S/C22H28N6O/c1-15-4-8-19(9-5-15)28-21(24-18-7-6-16(2)17(3)14-18)25-20(23)26-22(28)27-10-12-29-13-11-27/h4-9,14,21,24H,10-13H2,1-3H3,(H2,23,25). The molecule has 2 aliphatic heterocycles. The van der Waals surface area contributed by atoms with Gasteiger partial charge in [-0.15, -0.1) is 0 Å². The monoisotopic (exact) mass is 392 g/mol. The van der Waals surface area contributed by atoms with Gasteiger partial charge in [-0.25, -0.2) is 4.99 Å². The van der Waals surface area contributed by atoms with Gasteiger partial charge in [0, 0.05) is 24.5 Å². The molecule has 1 fully saturated rings. The zero-order valence-electron chi connectivity index (χ0n) is 17.2. The van der Waals surface area contributed by atoms with Crippen LogP contribution < -0.4 is 16.0 Å². The molecule has 1 saturated heterocycles. The molecular formula is C22H28N6O. The third-order valence-corrected chi connectivity index (χ3v) is 5.34. The number of ether oxygens (including phenoxy) is 1. The quantitative estimate of drug-likeness (QED) is 0.840. The Morgan fingerprint density at radius 3 is 2.41 bits per heavy atom. The van der Waals surface area contributed by atoms with Crippen LogP contribution in [0.5, 0.6) is 0 Å². The fourth-order valence-electron chi connectivity index (χ4n) is 3.50. The van der Waals surface area contributed by atoms with E-state index in [-0.39, 0.29) is 5.96 Å². The molecule has 7 nitrogen and oxygen atoms in total. The Bertz CT molecular complexity index is 931. The topological polar surface area (TPSA) is 78.5 Å². The first-order chi connectivity index (χ1) is 14.0. The van der Waals surface area contributed by atoms with Gasteiger partial charge in [0.25, 0.3) is 0 Å². The number of aliphatic imine (C=N–C) groups is 2. The molecule has 0 aromatic heterocycles. The molecule has 1 unspecified atom stereocenters. The molecule has 2 heterocycles. The Balaban J connectivity index is 1.71. The van der Waals surface area contributed by atoms with Crippen LogP contribution in [0.15, 0.2) is 52.4 Å². The average molecular weight is 393 g/mol. The summed E-state index contributed by atoms with van der Waals surface area (Å²) in [6.07, 6.45) is -0.393. The van der Waals surface area contributed by atoms with E-state index in [1.165, 1.54) is 16.7 Å². The lowest BCUT2D eigenvalue weighted by molar-refractivity contribution is 0.0671. The highest BCUT2D eigenvalue weighted by atomic mass is 16.5. The van der Waals surface area contributed by atoms with Crippen molar-refractivity contribution in [2.24, 2.45) is 15.7 Å². The Hall–Kier alpha value is -3.06. The zero-order chi connectivity index (χ0) is 20.4. The highest BCUT2D eigenvalue weighted by Crippen LogP contribution is 2.25. The van der Waals surface area contributed by atoms with Crippen molar-refractivity contribution in [2.45, 2.75) is 27.1 Å². The number of morpholine rings is 1. The van der Waals surface area contributed by atoms with E-state index in [1.54, 1.807) is 0 Å². The molecule has 3 N–H and O–H groups in total. The summed E-state index contributed by atoms with van der Waals surface area (Å²) in [5.41, 5.74) is 11.8. The number of guanidine groups is 2. The third kappa shape index (κ3) is 4.19. The molecule has 0 amide bonds. The molecule has 0 bridgehead atoms. The van der Waals surface area contributed by atoms with Crippen molar-refractivity contribution in [3.8, 4) is 0 Å². The maximum absolute atomic E-state index is 6.13. The maximum atomic E-state index is 6.13. The van der Waals surface area contributed by atoms with E-state index in [4.69, 9.17) is 10.5 Å². The van der Waals surface area contributed by atoms with Crippen molar-refractivity contribution < 1.29 is 4.74 Å². The minimum absolute atomic E-state index is 0.274. The normalized spacial score (nSPS) is 19.6. The highest BCUT2D eigenvalue weighted by Gasteiger charge is 2.32. The summed E-state index contributed by atoms with van der Waals surface area (Å²) in [6.45, 7) is 9.18. The first-order valence-electron chi connectivity index (χ1n) is 9.95. The molecule has 1 atom stereocenters. The maximum Gasteiger partial charge on any atom is 0.222 e. The van der Waals surface area contributed by atoms with Gasteiger partial charge < -0.3 is 20.7 Å². The van der Waals surface area contributed by atoms with Gasteiger partial charge in [-0.3, -0.25) is 4.90 Å². The molecule has 29 heavy (non-hydrogen) atoms. The van der Waals surface area contributed by atoms with E-state index >= 15 is 0 Å². The number of hydrogen-bond acceptors (Lipinski definition) is 7. The first-order valence-corrected chi connectivity index (χ1v) is 9.95. The van der Waals surface area contributed by atoms with Gasteiger partial charge in [0.15, 0.2) is 0 Å².